The fourth-order valence-corrected chi connectivity index (χ4v) is 18.1. The Morgan fingerprint density at radius 3 is 1.26 bits per heavy atom. The highest BCUT2D eigenvalue weighted by Gasteiger charge is 2.39. The molecule has 2 rings (SSSR count). The van der Waals surface area contributed by atoms with Gasteiger partial charge in [-0.1, -0.05) is 0 Å². The van der Waals surface area contributed by atoms with Crippen LogP contribution in [0.5, 0.6) is 11.5 Å². The third kappa shape index (κ3) is 11.5. The molecule has 9 heteroatoms. The van der Waals surface area contributed by atoms with E-state index in [1.807, 2.05) is 24.3 Å². The number of hydrogen-bond donors (Lipinski definition) is 0. The predicted molar refractivity (Wildman–Crippen MR) is 148 cm³/mol. The van der Waals surface area contributed by atoms with Gasteiger partial charge in [0.05, 0.1) is 13.2 Å². The molecule has 0 heterocycles. The minimum atomic E-state index is -2.27. The molecule has 0 bridgehead atoms. The fraction of sp³-hybridized carbons (Fsp3) is 0.462. The Balaban J connectivity index is 1.71. The highest BCUT2D eigenvalue weighted by Crippen LogP contribution is 2.26. The van der Waals surface area contributed by atoms with Crippen LogP contribution in [-0.2, 0) is 8.23 Å². The maximum atomic E-state index is 10.8. The molecule has 35 heavy (non-hydrogen) atoms. The molecule has 6 nitrogen and oxygen atoms in total. The molecule has 0 N–H and O–H groups in total. The van der Waals surface area contributed by atoms with Gasteiger partial charge in [0.1, 0.15) is 24.1 Å². The summed E-state index contributed by atoms with van der Waals surface area (Å²) in [4.78, 5) is 21.5. The quantitative estimate of drug-likeness (QED) is 0.136. The Morgan fingerprint density at radius 2 is 0.943 bits per heavy atom. The van der Waals surface area contributed by atoms with Crippen molar-refractivity contribution in [1.29, 1.82) is 0 Å². The van der Waals surface area contributed by atoms with Crippen molar-refractivity contribution in [2.45, 2.75) is 64.2 Å². The Morgan fingerprint density at radius 1 is 0.600 bits per heavy atom. The van der Waals surface area contributed by atoms with E-state index in [9.17, 15) is 9.59 Å². The lowest BCUT2D eigenvalue weighted by Gasteiger charge is -2.38. The molecule has 0 aliphatic heterocycles. The molecule has 0 saturated carbocycles. The van der Waals surface area contributed by atoms with Crippen molar-refractivity contribution in [3.8, 4) is 11.5 Å². The Bertz CT molecular complexity index is 852. The predicted octanol–water partition coefficient (Wildman–Crippen LogP) is 6.69. The van der Waals surface area contributed by atoms with Gasteiger partial charge < -0.3 is 17.7 Å². The van der Waals surface area contributed by atoms with E-state index in [0.29, 0.717) is 24.3 Å². The van der Waals surface area contributed by atoms with Gasteiger partial charge >= 0.3 is 8.56 Å². The molecule has 0 fully saturated rings. The number of benzene rings is 2. The van der Waals surface area contributed by atoms with Crippen LogP contribution in [0.25, 0.3) is 0 Å². The second-order valence-electron chi connectivity index (χ2n) is 10.4. The topological polar surface area (TPSA) is 71.1 Å². The maximum Gasteiger partial charge on any atom is 0.311 e. The highest BCUT2D eigenvalue weighted by atomic mass is 28.5. The van der Waals surface area contributed by atoms with E-state index in [2.05, 4.69) is 39.3 Å². The molecule has 2 aromatic carbocycles. The normalized spacial score (nSPS) is 12.3. The van der Waals surface area contributed by atoms with Gasteiger partial charge in [-0.2, -0.15) is 0 Å². The third-order valence-corrected chi connectivity index (χ3v) is 16.9. The number of aldehydes is 2. The number of ether oxygens (including phenoxy) is 2. The van der Waals surface area contributed by atoms with Crippen molar-refractivity contribution in [2.24, 2.45) is 0 Å². The Kier molecular flexibility index (Phi) is 11.1. The first-order valence-corrected chi connectivity index (χ1v) is 21.2. The van der Waals surface area contributed by atoms with Gasteiger partial charge in [0, 0.05) is 11.1 Å². The van der Waals surface area contributed by atoms with Crippen LogP contribution in [-0.4, -0.2) is 51.0 Å². The summed E-state index contributed by atoms with van der Waals surface area (Å²) in [7, 11) is -6.06. The molecule has 0 saturated heterocycles. The first kappa shape index (κ1) is 29.2. The molecule has 0 aliphatic carbocycles. The molecular formula is C26H40O6Si3. The van der Waals surface area contributed by atoms with Crippen molar-refractivity contribution < 1.29 is 27.3 Å². The van der Waals surface area contributed by atoms with E-state index in [4.69, 9.17) is 17.7 Å². The molecule has 0 spiro atoms. The van der Waals surface area contributed by atoms with E-state index in [1.165, 1.54) is 0 Å². The van der Waals surface area contributed by atoms with Gasteiger partial charge in [0.25, 0.3) is 0 Å². The SMILES string of the molecule is C[Si](C)(CCCOc1ccc(C=O)cc1)O[Si](C)(C)O[Si](C)(C)CCCOc1ccc(C=O)cc1. The van der Waals surface area contributed by atoms with E-state index < -0.39 is 25.2 Å². The summed E-state index contributed by atoms with van der Waals surface area (Å²) in [5.74, 6) is 1.56. The summed E-state index contributed by atoms with van der Waals surface area (Å²) in [5, 5.41) is 0. The molecule has 0 unspecified atom stereocenters. The lowest BCUT2D eigenvalue weighted by molar-refractivity contribution is 0.111. The average molecular weight is 533 g/mol. The van der Waals surface area contributed by atoms with Crippen LogP contribution in [0, 0.1) is 0 Å². The van der Waals surface area contributed by atoms with Crippen LogP contribution in [0.4, 0.5) is 0 Å². The number of carbonyl (C=O) groups is 2. The third-order valence-electron chi connectivity index (χ3n) is 5.46. The average Bonchev–Trinajstić information content (AvgIpc) is 2.79. The number of hydrogen-bond acceptors (Lipinski definition) is 6. The van der Waals surface area contributed by atoms with Crippen molar-refractivity contribution in [1.82, 2.24) is 0 Å². The standard InChI is InChI=1S/C26H40O6Si3/c1-33(2,19-7-17-29-25-13-9-23(21-27)10-14-25)31-35(5,6)32-34(3,4)20-8-18-30-26-15-11-24(22-28)12-16-26/h9-16,21-22H,7-8,17-20H2,1-6H3. The second kappa shape index (κ2) is 13.3. The van der Waals surface area contributed by atoms with Crippen LogP contribution < -0.4 is 9.47 Å². The lowest BCUT2D eigenvalue weighted by Crippen LogP contribution is -2.52. The van der Waals surface area contributed by atoms with Gasteiger partial charge in [-0.15, -0.1) is 0 Å². The summed E-state index contributed by atoms with van der Waals surface area (Å²) >= 11 is 0. The van der Waals surface area contributed by atoms with Crippen LogP contribution >= 0.6 is 0 Å². The van der Waals surface area contributed by atoms with Gasteiger partial charge in [0.2, 0.25) is 0 Å². The van der Waals surface area contributed by atoms with E-state index in [0.717, 1.165) is 49.0 Å². The van der Waals surface area contributed by atoms with Crippen molar-refractivity contribution in [2.75, 3.05) is 13.2 Å². The smallest absolute Gasteiger partial charge is 0.311 e. The summed E-state index contributed by atoms with van der Waals surface area (Å²) in [6.07, 6.45) is 3.51. The molecule has 0 aromatic heterocycles. The molecule has 192 valence electrons. The maximum absolute atomic E-state index is 10.8. The van der Waals surface area contributed by atoms with Crippen molar-refractivity contribution in [3.63, 3.8) is 0 Å². The molecule has 0 amide bonds. The van der Waals surface area contributed by atoms with Gasteiger partial charge in [-0.05, 0) is 113 Å². The van der Waals surface area contributed by atoms with Gasteiger partial charge in [0.15, 0.2) is 16.6 Å². The van der Waals surface area contributed by atoms with E-state index >= 15 is 0 Å². The Hall–Kier alpha value is -2.05. The molecule has 0 radical (unpaired) electrons. The number of carbonyl (C=O) groups excluding carboxylic acids is 2. The first-order valence-electron chi connectivity index (χ1n) is 12.2. The largest absolute Gasteiger partial charge is 0.494 e. The van der Waals surface area contributed by atoms with Crippen LogP contribution in [0.2, 0.25) is 51.4 Å². The molecule has 0 aliphatic rings. The minimum absolute atomic E-state index is 0.626. The van der Waals surface area contributed by atoms with Crippen LogP contribution in [0.1, 0.15) is 33.6 Å². The zero-order chi connectivity index (χ0) is 26.0. The van der Waals surface area contributed by atoms with E-state index in [1.54, 1.807) is 24.3 Å². The summed E-state index contributed by atoms with van der Waals surface area (Å²) in [5.41, 5.74) is 1.30. The second-order valence-corrected chi connectivity index (χ2v) is 22.9. The highest BCUT2D eigenvalue weighted by molar-refractivity contribution is 6.87. The van der Waals surface area contributed by atoms with Crippen molar-refractivity contribution >= 4 is 37.8 Å². The van der Waals surface area contributed by atoms with Gasteiger partial charge in [-0.25, -0.2) is 0 Å². The van der Waals surface area contributed by atoms with Crippen molar-refractivity contribution in [3.05, 3.63) is 59.7 Å². The molecule has 2 aromatic rings. The summed E-state index contributed by atoms with van der Waals surface area (Å²) < 4.78 is 25.0. The monoisotopic (exact) mass is 532 g/mol. The zero-order valence-corrected chi connectivity index (χ0v) is 25.0. The Labute approximate surface area is 213 Å². The lowest BCUT2D eigenvalue weighted by atomic mass is 10.2. The van der Waals surface area contributed by atoms with Gasteiger partial charge in [-0.3, -0.25) is 9.59 Å². The summed E-state index contributed by atoms with van der Waals surface area (Å²) in [6, 6.07) is 16.4. The van der Waals surface area contributed by atoms with Crippen LogP contribution in [0.15, 0.2) is 48.5 Å². The fourth-order valence-electron chi connectivity index (χ4n) is 4.11. The van der Waals surface area contributed by atoms with E-state index in [-0.39, 0.29) is 0 Å². The number of rotatable bonds is 16. The summed E-state index contributed by atoms with van der Waals surface area (Å²) in [6.45, 7) is 14.6. The molecular weight excluding hydrogens is 493 g/mol. The minimum Gasteiger partial charge on any atom is -0.494 e. The zero-order valence-electron chi connectivity index (χ0n) is 22.0. The van der Waals surface area contributed by atoms with Crippen LogP contribution in [0.3, 0.4) is 0 Å². The molecule has 0 atom stereocenters. The first-order chi connectivity index (χ1) is 16.4.